The highest BCUT2D eigenvalue weighted by molar-refractivity contribution is 5.78. The molecule has 0 amide bonds. The van der Waals surface area contributed by atoms with Gasteiger partial charge in [0.25, 0.3) is 0 Å². The Labute approximate surface area is 264 Å². The summed E-state index contributed by atoms with van der Waals surface area (Å²) in [4.78, 5) is 20.0. The van der Waals surface area contributed by atoms with Crippen molar-refractivity contribution in [1.82, 2.24) is 39.6 Å². The third-order valence-electron chi connectivity index (χ3n) is 8.39. The third-order valence-corrected chi connectivity index (χ3v) is 8.39. The van der Waals surface area contributed by atoms with E-state index in [4.69, 9.17) is 24.2 Å². The molecule has 4 aromatic heterocycles. The van der Waals surface area contributed by atoms with Crippen LogP contribution in [0, 0.1) is 0 Å². The molecule has 0 aromatic carbocycles. The van der Waals surface area contributed by atoms with E-state index in [1.165, 1.54) is 0 Å². The number of hydrogen-bond donors (Lipinski definition) is 1. The number of halogens is 3. The number of alkyl halides is 3. The maximum absolute atomic E-state index is 13.1. The Hall–Kier alpha value is -4.30. The van der Waals surface area contributed by atoms with Crippen molar-refractivity contribution in [1.29, 1.82) is 0 Å². The SMILES string of the molecule is C=C(OCC)/C(=C\C)COc1cccc(C2CCN(Cc3nc4cc(-c5n[nH]c(C(F)(F)F)n5)ncc4n3C[C@@H]3CCO3)CC2)n1. The zero-order valence-corrected chi connectivity index (χ0v) is 25.9. The molecule has 11 nitrogen and oxygen atoms in total. The van der Waals surface area contributed by atoms with Gasteiger partial charge in [-0.1, -0.05) is 18.7 Å². The monoisotopic (exact) mass is 638 g/mol. The van der Waals surface area contributed by atoms with Gasteiger partial charge < -0.3 is 18.8 Å². The molecule has 2 aliphatic rings. The first kappa shape index (κ1) is 31.7. The molecule has 0 spiro atoms. The molecular weight excluding hydrogens is 601 g/mol. The topological polar surface area (TPSA) is 116 Å². The van der Waals surface area contributed by atoms with Gasteiger partial charge in [-0.3, -0.25) is 15.0 Å². The molecule has 0 unspecified atom stereocenters. The Morgan fingerprint density at radius 2 is 1.98 bits per heavy atom. The smallest absolute Gasteiger partial charge is 0.451 e. The van der Waals surface area contributed by atoms with E-state index in [0.717, 1.165) is 61.6 Å². The van der Waals surface area contributed by atoms with Crippen molar-refractivity contribution in [3.05, 3.63) is 71.8 Å². The quantitative estimate of drug-likeness (QED) is 0.155. The highest BCUT2D eigenvalue weighted by atomic mass is 19.4. The lowest BCUT2D eigenvalue weighted by atomic mass is 9.93. The Balaban J connectivity index is 1.13. The zero-order valence-electron chi connectivity index (χ0n) is 25.9. The van der Waals surface area contributed by atoms with Crippen molar-refractivity contribution in [3.8, 4) is 17.4 Å². The fourth-order valence-corrected chi connectivity index (χ4v) is 5.72. The Morgan fingerprint density at radius 1 is 1.17 bits per heavy atom. The maximum atomic E-state index is 13.1. The van der Waals surface area contributed by atoms with E-state index in [-0.39, 0.29) is 17.6 Å². The van der Waals surface area contributed by atoms with Crippen LogP contribution in [0.3, 0.4) is 0 Å². The van der Waals surface area contributed by atoms with Gasteiger partial charge in [-0.05, 0) is 58.3 Å². The summed E-state index contributed by atoms with van der Waals surface area (Å²) < 4.78 is 58.5. The predicted molar refractivity (Wildman–Crippen MR) is 164 cm³/mol. The standard InChI is InChI=1S/C32H37F3N8O3/c1-4-21(20(3)44-5-2)19-46-29-8-6-7-24(38-29)22-9-12-42(13-10-22)18-28-37-25-15-26(30-39-31(41-40-30)32(33,34)35)36-16-27(25)43(28)17-23-11-14-45-23/h4,6-8,15-16,22-23H,3,5,9-14,17-19H2,1-2H3,(H,39,40,41)/b21-4-/t23-/m0/s1. The van der Waals surface area contributed by atoms with E-state index < -0.39 is 12.0 Å². The van der Waals surface area contributed by atoms with Gasteiger partial charge in [0.2, 0.25) is 11.7 Å². The molecule has 2 saturated heterocycles. The number of fused-ring (bicyclic) bond motifs is 1. The average Bonchev–Trinajstić information content (AvgIpc) is 3.65. The van der Waals surface area contributed by atoms with Crippen LogP contribution in [0.2, 0.25) is 0 Å². The lowest BCUT2D eigenvalue weighted by Crippen LogP contribution is -2.35. The molecule has 2 aliphatic heterocycles. The summed E-state index contributed by atoms with van der Waals surface area (Å²) in [5.41, 5.74) is 3.53. The van der Waals surface area contributed by atoms with Crippen LogP contribution in [-0.2, 0) is 28.7 Å². The van der Waals surface area contributed by atoms with Crippen LogP contribution < -0.4 is 4.74 Å². The fraction of sp³-hybridized carbons (Fsp3) is 0.469. The molecule has 0 aliphatic carbocycles. The number of aromatic nitrogens is 7. The van der Waals surface area contributed by atoms with Gasteiger partial charge in [0, 0.05) is 29.9 Å². The normalized spacial score (nSPS) is 18.1. The van der Waals surface area contributed by atoms with E-state index in [1.807, 2.05) is 37.2 Å². The minimum atomic E-state index is -4.62. The number of hydrogen-bond acceptors (Lipinski definition) is 9. The molecule has 2 fully saturated rings. The van der Waals surface area contributed by atoms with Crippen LogP contribution in [0.1, 0.15) is 56.4 Å². The highest BCUT2D eigenvalue weighted by Crippen LogP contribution is 2.31. The second-order valence-corrected chi connectivity index (χ2v) is 11.4. The second-order valence-electron chi connectivity index (χ2n) is 11.4. The predicted octanol–water partition coefficient (Wildman–Crippen LogP) is 5.67. The van der Waals surface area contributed by atoms with Gasteiger partial charge in [0.1, 0.15) is 23.9 Å². The molecule has 46 heavy (non-hydrogen) atoms. The number of nitrogens with one attached hydrogen (secondary N) is 1. The van der Waals surface area contributed by atoms with E-state index in [2.05, 4.69) is 37.2 Å². The summed E-state index contributed by atoms with van der Waals surface area (Å²) in [6.45, 7) is 12.4. The number of rotatable bonds is 12. The van der Waals surface area contributed by atoms with E-state index in [1.54, 1.807) is 12.3 Å². The first-order chi connectivity index (χ1) is 22.2. The molecule has 0 bridgehead atoms. The summed E-state index contributed by atoms with van der Waals surface area (Å²) in [6.07, 6.45) is 1.85. The van der Waals surface area contributed by atoms with E-state index in [0.29, 0.717) is 49.4 Å². The largest absolute Gasteiger partial charge is 0.494 e. The molecular formula is C32H37F3N8O3. The molecule has 0 radical (unpaired) electrons. The van der Waals surface area contributed by atoms with Crippen LogP contribution in [-0.4, -0.2) is 78.6 Å². The number of imidazole rings is 1. The molecule has 14 heteroatoms. The minimum absolute atomic E-state index is 0.0885. The van der Waals surface area contributed by atoms with Gasteiger partial charge >= 0.3 is 6.18 Å². The summed E-state index contributed by atoms with van der Waals surface area (Å²) >= 11 is 0. The first-order valence-corrected chi connectivity index (χ1v) is 15.5. The van der Waals surface area contributed by atoms with Crippen LogP contribution in [0.15, 0.2) is 54.4 Å². The number of piperidine rings is 1. The van der Waals surface area contributed by atoms with Crippen LogP contribution in [0.25, 0.3) is 22.6 Å². The van der Waals surface area contributed by atoms with Crippen LogP contribution in [0.5, 0.6) is 5.88 Å². The lowest BCUT2D eigenvalue weighted by molar-refractivity contribution is -0.144. The van der Waals surface area contributed by atoms with Crippen molar-refractivity contribution in [2.75, 3.05) is 32.9 Å². The summed E-state index contributed by atoms with van der Waals surface area (Å²) in [5, 5.41) is 5.67. The number of ether oxygens (including phenoxy) is 3. The van der Waals surface area contributed by atoms with Crippen molar-refractivity contribution in [3.63, 3.8) is 0 Å². The summed E-state index contributed by atoms with van der Waals surface area (Å²) in [7, 11) is 0. The number of allylic oxidation sites excluding steroid dienone is 1. The maximum Gasteiger partial charge on any atom is 0.451 e. The minimum Gasteiger partial charge on any atom is -0.494 e. The fourth-order valence-electron chi connectivity index (χ4n) is 5.72. The van der Waals surface area contributed by atoms with Crippen molar-refractivity contribution >= 4 is 11.0 Å². The van der Waals surface area contributed by atoms with E-state index >= 15 is 0 Å². The summed E-state index contributed by atoms with van der Waals surface area (Å²) in [6, 6.07) is 7.53. The van der Waals surface area contributed by atoms with Crippen molar-refractivity contribution < 1.29 is 27.4 Å². The zero-order chi connectivity index (χ0) is 32.3. The van der Waals surface area contributed by atoms with Gasteiger partial charge in [0.15, 0.2) is 5.82 Å². The molecule has 244 valence electrons. The number of aromatic amines is 1. The van der Waals surface area contributed by atoms with Crippen LogP contribution in [0.4, 0.5) is 13.2 Å². The first-order valence-electron chi connectivity index (χ1n) is 15.5. The number of nitrogens with zero attached hydrogens (tertiary/aromatic N) is 7. The molecule has 6 heterocycles. The molecule has 0 saturated carbocycles. The van der Waals surface area contributed by atoms with Gasteiger partial charge in [-0.2, -0.15) is 18.3 Å². The lowest BCUT2D eigenvalue weighted by Gasteiger charge is -2.32. The highest BCUT2D eigenvalue weighted by Gasteiger charge is 2.35. The van der Waals surface area contributed by atoms with Crippen LogP contribution >= 0.6 is 0 Å². The Kier molecular flexibility index (Phi) is 9.36. The van der Waals surface area contributed by atoms with Gasteiger partial charge in [0.05, 0.1) is 43.0 Å². The molecule has 1 N–H and O–H groups in total. The van der Waals surface area contributed by atoms with Gasteiger partial charge in [-0.25, -0.2) is 15.0 Å². The number of pyridine rings is 2. The van der Waals surface area contributed by atoms with Gasteiger partial charge in [-0.15, -0.1) is 0 Å². The van der Waals surface area contributed by atoms with Crippen molar-refractivity contribution in [2.45, 2.75) is 64.4 Å². The molecule has 1 atom stereocenters. The average molecular weight is 639 g/mol. The molecule has 4 aromatic rings. The Morgan fingerprint density at radius 3 is 2.65 bits per heavy atom. The van der Waals surface area contributed by atoms with Crippen molar-refractivity contribution in [2.24, 2.45) is 0 Å². The number of likely N-dealkylation sites (tertiary alicyclic amines) is 1. The Bertz CT molecular complexity index is 1700. The third kappa shape index (κ3) is 7.07. The second kappa shape index (κ2) is 13.6. The molecule has 6 rings (SSSR count). The number of H-pyrrole nitrogens is 1. The summed E-state index contributed by atoms with van der Waals surface area (Å²) in [5.74, 6) is 1.04. The van der Waals surface area contributed by atoms with E-state index in [9.17, 15) is 13.2 Å².